The van der Waals surface area contributed by atoms with Crippen LogP contribution in [0.4, 0.5) is 0 Å². The summed E-state index contributed by atoms with van der Waals surface area (Å²) in [6.07, 6.45) is 3.31. The molecule has 0 aromatic carbocycles. The number of amidine groups is 2. The van der Waals surface area contributed by atoms with Crippen molar-refractivity contribution in [1.29, 1.82) is 0 Å². The fourth-order valence-electron chi connectivity index (χ4n) is 3.38. The predicted molar refractivity (Wildman–Crippen MR) is 130 cm³/mol. The van der Waals surface area contributed by atoms with Gasteiger partial charge in [-0.05, 0) is 39.5 Å². The summed E-state index contributed by atoms with van der Waals surface area (Å²) >= 11 is 1.18. The first-order valence-corrected chi connectivity index (χ1v) is 11.9. The van der Waals surface area contributed by atoms with Gasteiger partial charge in [0.25, 0.3) is 0 Å². The molecule has 12 nitrogen and oxygen atoms in total. The minimum Gasteiger partial charge on any atom is -0.388 e. The predicted octanol–water partition coefficient (Wildman–Crippen LogP) is -0.548. The van der Waals surface area contributed by atoms with Crippen LogP contribution in [0.3, 0.4) is 0 Å². The average Bonchev–Trinajstić information content (AvgIpc) is 3.30. The number of hydrogen-bond donors (Lipinski definition) is 4. The van der Waals surface area contributed by atoms with Crippen LogP contribution >= 0.6 is 11.3 Å². The Morgan fingerprint density at radius 3 is 2.53 bits per heavy atom. The third-order valence-corrected chi connectivity index (χ3v) is 5.72. The Balaban J connectivity index is 1.98. The summed E-state index contributed by atoms with van der Waals surface area (Å²) < 4.78 is 0. The molecule has 6 N–H and O–H groups in total. The Labute approximate surface area is 202 Å². The molecule has 3 amide bonds. The van der Waals surface area contributed by atoms with Crippen molar-refractivity contribution in [3.05, 3.63) is 16.6 Å². The van der Waals surface area contributed by atoms with Gasteiger partial charge in [0.05, 0.1) is 17.7 Å². The first kappa shape index (κ1) is 26.9. The topological polar surface area (TPSA) is 185 Å². The lowest BCUT2D eigenvalue weighted by atomic mass is 10.1. The molecule has 1 aromatic rings. The molecular formula is C21H32N8O4S. The SMILES string of the molecule is CC(N)=NCCC[C@H](NC(=O)CN1CC(=O)N[C@@H](CCCN=C(C)N)C1=O)C(=O)c1nccs1. The minimum absolute atomic E-state index is 0.224. The van der Waals surface area contributed by atoms with E-state index in [1.54, 1.807) is 19.2 Å². The van der Waals surface area contributed by atoms with E-state index < -0.39 is 18.0 Å². The lowest BCUT2D eigenvalue weighted by Gasteiger charge is -2.32. The lowest BCUT2D eigenvalue weighted by Crippen LogP contribution is -2.60. The van der Waals surface area contributed by atoms with Crippen molar-refractivity contribution in [2.75, 3.05) is 26.2 Å². The van der Waals surface area contributed by atoms with Gasteiger partial charge in [-0.1, -0.05) is 0 Å². The molecule has 0 spiro atoms. The Bertz CT molecular complexity index is 923. The Morgan fingerprint density at radius 1 is 1.24 bits per heavy atom. The van der Waals surface area contributed by atoms with E-state index in [9.17, 15) is 19.2 Å². The number of rotatable bonds is 13. The molecular weight excluding hydrogens is 460 g/mol. The second-order valence-corrected chi connectivity index (χ2v) is 8.86. The van der Waals surface area contributed by atoms with Gasteiger partial charge in [0, 0.05) is 24.7 Å². The third kappa shape index (κ3) is 8.89. The van der Waals surface area contributed by atoms with E-state index in [4.69, 9.17) is 11.5 Å². The van der Waals surface area contributed by atoms with Crippen molar-refractivity contribution in [3.8, 4) is 0 Å². The van der Waals surface area contributed by atoms with Crippen LogP contribution in [0.15, 0.2) is 21.6 Å². The maximum Gasteiger partial charge on any atom is 0.246 e. The molecule has 34 heavy (non-hydrogen) atoms. The summed E-state index contributed by atoms with van der Waals surface area (Å²) in [5, 5.41) is 7.31. The maximum absolute atomic E-state index is 12.8. The molecule has 0 radical (unpaired) electrons. The van der Waals surface area contributed by atoms with Crippen LogP contribution in [0.2, 0.25) is 0 Å². The van der Waals surface area contributed by atoms with Crippen molar-refractivity contribution in [2.24, 2.45) is 21.5 Å². The van der Waals surface area contributed by atoms with E-state index >= 15 is 0 Å². The minimum atomic E-state index is -0.825. The van der Waals surface area contributed by atoms with Crippen molar-refractivity contribution in [3.63, 3.8) is 0 Å². The van der Waals surface area contributed by atoms with Gasteiger partial charge < -0.3 is 27.0 Å². The van der Waals surface area contributed by atoms with E-state index in [1.165, 1.54) is 22.4 Å². The van der Waals surface area contributed by atoms with E-state index in [0.29, 0.717) is 50.4 Å². The van der Waals surface area contributed by atoms with E-state index in [-0.39, 0.29) is 35.7 Å². The van der Waals surface area contributed by atoms with Gasteiger partial charge in [-0.25, -0.2) is 4.98 Å². The van der Waals surface area contributed by atoms with Gasteiger partial charge in [0.15, 0.2) is 5.01 Å². The second kappa shape index (κ2) is 13.4. The maximum atomic E-state index is 12.8. The van der Waals surface area contributed by atoms with Crippen molar-refractivity contribution in [2.45, 2.75) is 51.6 Å². The standard InChI is InChI=1S/C21H32N8O4S/c1-13(22)24-7-3-5-15(19(32)20-26-9-10-34-20)27-17(30)11-29-12-18(31)28-16(21(29)33)6-4-8-25-14(2)23/h9-10,15-16H,3-8,11-12H2,1-2H3,(H2,22,24)(H2,23,25)(H,27,30)(H,28,31)/t15-,16-/m0/s1. The molecule has 1 saturated heterocycles. The molecule has 2 atom stereocenters. The van der Waals surface area contributed by atoms with Gasteiger partial charge in [-0.2, -0.15) is 0 Å². The van der Waals surface area contributed by atoms with Gasteiger partial charge in [-0.3, -0.25) is 29.2 Å². The first-order valence-electron chi connectivity index (χ1n) is 11.0. The zero-order valence-electron chi connectivity index (χ0n) is 19.5. The van der Waals surface area contributed by atoms with Gasteiger partial charge in [-0.15, -0.1) is 11.3 Å². The molecule has 1 fully saturated rings. The van der Waals surface area contributed by atoms with Crippen LogP contribution in [-0.4, -0.2) is 83.3 Å². The summed E-state index contributed by atoms with van der Waals surface area (Å²) in [7, 11) is 0. The zero-order chi connectivity index (χ0) is 25.1. The molecule has 0 saturated carbocycles. The first-order chi connectivity index (χ1) is 16.2. The number of aliphatic imine (C=N–C) groups is 2. The van der Waals surface area contributed by atoms with E-state index in [1.807, 2.05) is 0 Å². The number of Topliss-reactive ketones (excluding diaryl/α,β-unsaturated/α-hetero) is 1. The van der Waals surface area contributed by atoms with Crippen LogP contribution in [0.25, 0.3) is 0 Å². The number of nitrogens with one attached hydrogen (secondary N) is 2. The molecule has 2 rings (SSSR count). The highest BCUT2D eigenvalue weighted by Crippen LogP contribution is 2.12. The van der Waals surface area contributed by atoms with Gasteiger partial charge in [0.1, 0.15) is 19.1 Å². The molecule has 1 aliphatic rings. The summed E-state index contributed by atoms with van der Waals surface area (Å²) in [5.74, 6) is -0.649. The normalized spacial score (nSPS) is 17.9. The Hall–Kier alpha value is -3.35. The van der Waals surface area contributed by atoms with Crippen molar-refractivity contribution < 1.29 is 19.2 Å². The number of nitrogens with zero attached hydrogens (tertiary/aromatic N) is 4. The molecule has 1 aromatic heterocycles. The number of nitrogens with two attached hydrogens (primary N) is 2. The smallest absolute Gasteiger partial charge is 0.246 e. The summed E-state index contributed by atoms with van der Waals surface area (Å²) in [6.45, 7) is 3.65. The summed E-state index contributed by atoms with van der Waals surface area (Å²) in [4.78, 5) is 63.9. The van der Waals surface area contributed by atoms with Crippen LogP contribution in [-0.2, 0) is 14.4 Å². The van der Waals surface area contributed by atoms with Crippen LogP contribution < -0.4 is 22.1 Å². The van der Waals surface area contributed by atoms with Gasteiger partial charge in [0.2, 0.25) is 23.5 Å². The highest BCUT2D eigenvalue weighted by molar-refractivity contribution is 7.11. The fourth-order valence-corrected chi connectivity index (χ4v) is 4.01. The lowest BCUT2D eigenvalue weighted by molar-refractivity contribution is -0.146. The summed E-state index contributed by atoms with van der Waals surface area (Å²) in [6, 6.07) is -1.55. The molecule has 2 heterocycles. The van der Waals surface area contributed by atoms with Crippen molar-refractivity contribution in [1.82, 2.24) is 20.5 Å². The quantitative estimate of drug-likeness (QED) is 0.123. The van der Waals surface area contributed by atoms with Gasteiger partial charge >= 0.3 is 0 Å². The molecule has 0 bridgehead atoms. The van der Waals surface area contributed by atoms with E-state index in [2.05, 4.69) is 25.6 Å². The fraction of sp³-hybridized carbons (Fsp3) is 0.571. The number of carbonyl (C=O) groups is 4. The number of ketones is 1. The second-order valence-electron chi connectivity index (χ2n) is 7.97. The average molecular weight is 493 g/mol. The largest absolute Gasteiger partial charge is 0.388 e. The zero-order valence-corrected chi connectivity index (χ0v) is 20.3. The number of piperazine rings is 1. The molecule has 13 heteroatoms. The molecule has 186 valence electrons. The van der Waals surface area contributed by atoms with Crippen LogP contribution in [0, 0.1) is 0 Å². The van der Waals surface area contributed by atoms with Crippen molar-refractivity contribution >= 4 is 46.5 Å². The third-order valence-electron chi connectivity index (χ3n) is 4.93. The summed E-state index contributed by atoms with van der Waals surface area (Å²) in [5.41, 5.74) is 11.0. The number of thiazole rings is 1. The molecule has 0 unspecified atom stereocenters. The molecule has 0 aliphatic carbocycles. The molecule has 1 aliphatic heterocycles. The number of amides is 3. The highest BCUT2D eigenvalue weighted by Gasteiger charge is 2.34. The van der Waals surface area contributed by atoms with E-state index in [0.717, 1.165) is 0 Å². The monoisotopic (exact) mass is 492 g/mol. The number of carbonyl (C=O) groups excluding carboxylic acids is 4. The van der Waals surface area contributed by atoms with Crippen LogP contribution in [0.5, 0.6) is 0 Å². The highest BCUT2D eigenvalue weighted by atomic mass is 32.1. The number of hydrogen-bond acceptors (Lipinski definition) is 8. The Morgan fingerprint density at radius 2 is 1.91 bits per heavy atom. The Kier molecular flexibility index (Phi) is 10.6. The van der Waals surface area contributed by atoms with Crippen LogP contribution in [0.1, 0.15) is 49.3 Å². The number of aromatic nitrogens is 1.